The molecule has 0 radical (unpaired) electrons. The second-order valence-electron chi connectivity index (χ2n) is 8.97. The van der Waals surface area contributed by atoms with Crippen molar-refractivity contribution in [3.8, 4) is 16.8 Å². The van der Waals surface area contributed by atoms with E-state index in [0.29, 0.717) is 16.6 Å². The lowest BCUT2D eigenvalue weighted by atomic mass is 10.0. The van der Waals surface area contributed by atoms with Crippen LogP contribution in [0.15, 0.2) is 84.0 Å². The number of anilines is 1. The molecule has 4 N–H and O–H groups in total. The SMILES string of the molecule is Cc1nc(C2CC2)cn1-c1ccc(-c2cccc(S(C)=O)c2)cc1N(N)/C(=C\N)c1ccc(Cl)cc1. The lowest BCUT2D eigenvalue weighted by molar-refractivity contribution is 0.687. The molecule has 4 aromatic rings. The van der Waals surface area contributed by atoms with Gasteiger partial charge in [0.15, 0.2) is 0 Å². The lowest BCUT2D eigenvalue weighted by Gasteiger charge is -2.26. The highest BCUT2D eigenvalue weighted by Crippen LogP contribution is 2.41. The van der Waals surface area contributed by atoms with Crippen LogP contribution in [0, 0.1) is 6.92 Å². The van der Waals surface area contributed by atoms with E-state index in [1.807, 2.05) is 67.6 Å². The van der Waals surface area contributed by atoms with E-state index in [1.54, 1.807) is 11.3 Å². The average Bonchev–Trinajstić information content (AvgIpc) is 3.67. The highest BCUT2D eigenvalue weighted by atomic mass is 35.5. The van der Waals surface area contributed by atoms with E-state index in [1.165, 1.54) is 19.0 Å². The van der Waals surface area contributed by atoms with Crippen LogP contribution >= 0.6 is 11.6 Å². The van der Waals surface area contributed by atoms with Crippen LogP contribution in [0.1, 0.15) is 35.8 Å². The summed E-state index contributed by atoms with van der Waals surface area (Å²) in [7, 11) is -1.08. The molecule has 184 valence electrons. The Labute approximate surface area is 218 Å². The number of hydrazine groups is 1. The molecule has 0 aliphatic heterocycles. The predicted molar refractivity (Wildman–Crippen MR) is 148 cm³/mol. The van der Waals surface area contributed by atoms with Crippen molar-refractivity contribution in [3.63, 3.8) is 0 Å². The van der Waals surface area contributed by atoms with Crippen LogP contribution < -0.4 is 16.6 Å². The van der Waals surface area contributed by atoms with Gasteiger partial charge in [-0.3, -0.25) is 9.22 Å². The molecule has 0 amide bonds. The molecule has 1 unspecified atom stereocenters. The van der Waals surface area contributed by atoms with E-state index in [4.69, 9.17) is 28.2 Å². The van der Waals surface area contributed by atoms with Gasteiger partial charge >= 0.3 is 0 Å². The molecule has 1 aliphatic rings. The van der Waals surface area contributed by atoms with E-state index >= 15 is 0 Å². The number of hydrogen-bond acceptors (Lipinski definition) is 5. The van der Waals surface area contributed by atoms with Gasteiger partial charge in [0.25, 0.3) is 0 Å². The first-order valence-corrected chi connectivity index (χ1v) is 13.7. The quantitative estimate of drug-likeness (QED) is 0.240. The minimum atomic E-state index is -1.08. The van der Waals surface area contributed by atoms with Crippen LogP contribution in [0.4, 0.5) is 5.69 Å². The van der Waals surface area contributed by atoms with Crippen LogP contribution in [0.5, 0.6) is 0 Å². The molecule has 0 saturated heterocycles. The molecule has 0 bridgehead atoms. The Bertz CT molecular complexity index is 1470. The Morgan fingerprint density at radius 3 is 2.50 bits per heavy atom. The van der Waals surface area contributed by atoms with Crippen LogP contribution in [-0.2, 0) is 10.8 Å². The largest absolute Gasteiger partial charge is 0.403 e. The summed E-state index contributed by atoms with van der Waals surface area (Å²) in [6.45, 7) is 2.00. The third kappa shape index (κ3) is 4.82. The summed E-state index contributed by atoms with van der Waals surface area (Å²) in [5.41, 5.74) is 12.2. The van der Waals surface area contributed by atoms with E-state index in [2.05, 4.69) is 16.8 Å². The maximum absolute atomic E-state index is 12.1. The van der Waals surface area contributed by atoms with Crippen molar-refractivity contribution < 1.29 is 4.21 Å². The molecule has 36 heavy (non-hydrogen) atoms. The Morgan fingerprint density at radius 1 is 1.11 bits per heavy atom. The summed E-state index contributed by atoms with van der Waals surface area (Å²) in [4.78, 5) is 5.58. The fourth-order valence-electron chi connectivity index (χ4n) is 4.34. The summed E-state index contributed by atoms with van der Waals surface area (Å²) >= 11 is 6.11. The Morgan fingerprint density at radius 2 is 1.83 bits per heavy atom. The van der Waals surface area contributed by atoms with Crippen molar-refractivity contribution in [3.05, 3.63) is 101 Å². The van der Waals surface area contributed by atoms with Crippen molar-refractivity contribution in [2.24, 2.45) is 11.6 Å². The van der Waals surface area contributed by atoms with Gasteiger partial charge in [-0.1, -0.05) is 41.9 Å². The molecule has 8 heteroatoms. The predicted octanol–water partition coefficient (Wildman–Crippen LogP) is 5.75. The molecule has 0 spiro atoms. The maximum Gasteiger partial charge on any atom is 0.110 e. The number of nitrogens with two attached hydrogens (primary N) is 2. The summed E-state index contributed by atoms with van der Waals surface area (Å²) < 4.78 is 14.2. The molecular weight excluding hydrogens is 490 g/mol. The smallest absolute Gasteiger partial charge is 0.110 e. The number of imidazole rings is 1. The number of hydrogen-bond donors (Lipinski definition) is 2. The highest BCUT2D eigenvalue weighted by molar-refractivity contribution is 7.84. The first-order chi connectivity index (χ1) is 17.4. The first kappa shape index (κ1) is 24.3. The van der Waals surface area contributed by atoms with E-state index < -0.39 is 10.8 Å². The third-order valence-electron chi connectivity index (χ3n) is 6.45. The number of rotatable bonds is 7. The molecular formula is C28H28ClN5OS. The fraction of sp³-hybridized carbons (Fsp3) is 0.179. The van der Waals surface area contributed by atoms with Gasteiger partial charge in [-0.2, -0.15) is 0 Å². The third-order valence-corrected chi connectivity index (χ3v) is 7.62. The molecule has 1 saturated carbocycles. The average molecular weight is 518 g/mol. The number of aromatic nitrogens is 2. The highest BCUT2D eigenvalue weighted by Gasteiger charge is 2.27. The Balaban J connectivity index is 1.65. The van der Waals surface area contributed by atoms with Crippen molar-refractivity contribution in [2.75, 3.05) is 11.3 Å². The lowest BCUT2D eigenvalue weighted by Crippen LogP contribution is -2.31. The van der Waals surface area contributed by atoms with Gasteiger partial charge in [-0.15, -0.1) is 0 Å². The minimum absolute atomic E-state index is 0.535. The van der Waals surface area contributed by atoms with Crippen LogP contribution in [-0.4, -0.2) is 20.0 Å². The Hall–Kier alpha value is -3.39. The van der Waals surface area contributed by atoms with E-state index in [-0.39, 0.29) is 0 Å². The summed E-state index contributed by atoms with van der Waals surface area (Å²) in [5.74, 6) is 8.21. The van der Waals surface area contributed by atoms with Crippen molar-refractivity contribution in [2.45, 2.75) is 30.6 Å². The molecule has 1 aliphatic carbocycles. The fourth-order valence-corrected chi connectivity index (χ4v) is 5.02. The van der Waals surface area contributed by atoms with E-state index in [9.17, 15) is 4.21 Å². The summed E-state index contributed by atoms with van der Waals surface area (Å²) in [6, 6.07) is 21.3. The van der Waals surface area contributed by atoms with Gasteiger partial charge in [0.05, 0.1) is 22.8 Å². The summed E-state index contributed by atoms with van der Waals surface area (Å²) in [5, 5.41) is 2.23. The van der Waals surface area contributed by atoms with Crippen molar-refractivity contribution >= 4 is 33.8 Å². The molecule has 1 atom stereocenters. The molecule has 6 nitrogen and oxygen atoms in total. The number of aryl methyl sites for hydroxylation is 1. The van der Waals surface area contributed by atoms with Gasteiger partial charge in [0.1, 0.15) is 5.82 Å². The Kier molecular flexibility index (Phi) is 6.71. The topological polar surface area (TPSA) is 90.2 Å². The second kappa shape index (κ2) is 9.93. The van der Waals surface area contributed by atoms with Gasteiger partial charge < -0.3 is 10.3 Å². The minimum Gasteiger partial charge on any atom is -0.403 e. The van der Waals surface area contributed by atoms with Gasteiger partial charge in [-0.05, 0) is 67.3 Å². The molecule has 1 aromatic heterocycles. The zero-order valence-corrected chi connectivity index (χ0v) is 21.8. The van der Waals surface area contributed by atoms with Crippen molar-refractivity contribution in [1.29, 1.82) is 0 Å². The number of halogens is 1. The zero-order chi connectivity index (χ0) is 25.4. The summed E-state index contributed by atoms with van der Waals surface area (Å²) in [6.07, 6.45) is 7.64. The molecule has 1 fully saturated rings. The normalized spacial score (nSPS) is 14.6. The number of nitrogens with zero attached hydrogens (tertiary/aromatic N) is 3. The first-order valence-electron chi connectivity index (χ1n) is 11.7. The van der Waals surface area contributed by atoms with Gasteiger partial charge in [0, 0.05) is 50.9 Å². The van der Waals surface area contributed by atoms with Gasteiger partial charge in [-0.25, -0.2) is 10.8 Å². The molecule has 1 heterocycles. The number of benzene rings is 3. The van der Waals surface area contributed by atoms with Crippen LogP contribution in [0.25, 0.3) is 22.5 Å². The molecule has 3 aromatic carbocycles. The zero-order valence-electron chi connectivity index (χ0n) is 20.2. The van der Waals surface area contributed by atoms with Crippen LogP contribution in [0.2, 0.25) is 5.02 Å². The van der Waals surface area contributed by atoms with E-state index in [0.717, 1.165) is 44.5 Å². The van der Waals surface area contributed by atoms with Gasteiger partial charge in [0.2, 0.25) is 0 Å². The molecule has 5 rings (SSSR count). The van der Waals surface area contributed by atoms with Crippen molar-refractivity contribution in [1.82, 2.24) is 9.55 Å². The van der Waals surface area contributed by atoms with Crippen LogP contribution in [0.3, 0.4) is 0 Å². The second-order valence-corrected chi connectivity index (χ2v) is 10.8. The monoisotopic (exact) mass is 517 g/mol. The maximum atomic E-state index is 12.1. The standard InChI is InChI=1S/C28H28ClN5OS/c1-18-32-25(19-6-7-19)17-33(18)26-13-10-22(21-4-3-5-24(14-21)36(2)35)15-27(26)34(31)28(16-30)20-8-11-23(29)12-9-20/h3-5,8-17,19H,6-7,30-31H2,1-2H3/b28-16-.